The van der Waals surface area contributed by atoms with Crippen molar-refractivity contribution in [3.8, 4) is 5.95 Å². The third kappa shape index (κ3) is 1.81. The normalized spacial score (nSPS) is 18.2. The predicted octanol–water partition coefficient (Wildman–Crippen LogP) is 2.82. The summed E-state index contributed by atoms with van der Waals surface area (Å²) in [7, 11) is 0. The highest BCUT2D eigenvalue weighted by molar-refractivity contribution is 5.99. The predicted molar refractivity (Wildman–Crippen MR) is 79.8 cm³/mol. The van der Waals surface area contributed by atoms with Crippen LogP contribution >= 0.6 is 0 Å². The molecule has 3 aromatic rings. The summed E-state index contributed by atoms with van der Waals surface area (Å²) in [5.74, 6) is 1.23. The van der Waals surface area contributed by atoms with Gasteiger partial charge in [-0.1, -0.05) is 19.1 Å². The summed E-state index contributed by atoms with van der Waals surface area (Å²) >= 11 is 0. The number of H-pyrrole nitrogens is 1. The van der Waals surface area contributed by atoms with Gasteiger partial charge in [-0.15, -0.1) is 0 Å². The summed E-state index contributed by atoms with van der Waals surface area (Å²) in [4.78, 5) is 20.1. The number of nitrogens with zero attached hydrogens (tertiary/aromatic N) is 3. The van der Waals surface area contributed by atoms with Crippen LogP contribution in [0.4, 0.5) is 0 Å². The molecule has 1 aromatic carbocycles. The van der Waals surface area contributed by atoms with Crippen LogP contribution in [0.2, 0.25) is 0 Å². The second-order valence-corrected chi connectivity index (χ2v) is 5.83. The van der Waals surface area contributed by atoms with E-state index in [1.54, 1.807) is 4.68 Å². The number of aryl methyl sites for hydroxylation is 1. The van der Waals surface area contributed by atoms with E-state index in [1.807, 2.05) is 31.2 Å². The Labute approximate surface area is 122 Å². The molecule has 1 atom stereocenters. The lowest BCUT2D eigenvalue weighted by atomic mass is 9.87. The smallest absolute Gasteiger partial charge is 0.229 e. The van der Waals surface area contributed by atoms with Gasteiger partial charge in [-0.05, 0) is 31.4 Å². The maximum atomic E-state index is 12.2. The SMILES string of the molecule is Cc1nn(-c2nc3ccccc3[nH]2)c2c1C(=O)C[C@@H](C)C2. The Balaban J connectivity index is 1.93. The third-order valence-corrected chi connectivity index (χ3v) is 4.09. The topological polar surface area (TPSA) is 63.6 Å². The van der Waals surface area contributed by atoms with Crippen molar-refractivity contribution >= 4 is 16.8 Å². The van der Waals surface area contributed by atoms with E-state index in [0.29, 0.717) is 18.3 Å². The lowest BCUT2D eigenvalue weighted by molar-refractivity contribution is 0.0952. The monoisotopic (exact) mass is 280 g/mol. The molecule has 0 spiro atoms. The van der Waals surface area contributed by atoms with Crippen molar-refractivity contribution in [2.45, 2.75) is 26.7 Å². The second kappa shape index (κ2) is 4.28. The number of benzene rings is 1. The number of hydrogen-bond acceptors (Lipinski definition) is 3. The van der Waals surface area contributed by atoms with E-state index in [9.17, 15) is 4.79 Å². The molecule has 0 radical (unpaired) electrons. The summed E-state index contributed by atoms with van der Waals surface area (Å²) in [6.45, 7) is 4.00. The van der Waals surface area contributed by atoms with Crippen LogP contribution in [0.3, 0.4) is 0 Å². The number of imidazole rings is 1. The Morgan fingerprint density at radius 3 is 2.90 bits per heavy atom. The zero-order valence-electron chi connectivity index (χ0n) is 12.1. The number of fused-ring (bicyclic) bond motifs is 2. The van der Waals surface area contributed by atoms with Crippen LogP contribution in [0.15, 0.2) is 24.3 Å². The van der Waals surface area contributed by atoms with Crippen LogP contribution < -0.4 is 0 Å². The van der Waals surface area contributed by atoms with Crippen LogP contribution in [0, 0.1) is 12.8 Å². The zero-order valence-corrected chi connectivity index (χ0v) is 12.1. The second-order valence-electron chi connectivity index (χ2n) is 5.83. The fraction of sp³-hybridized carbons (Fsp3) is 0.312. The summed E-state index contributed by atoms with van der Waals surface area (Å²) in [5, 5.41) is 4.54. The number of rotatable bonds is 1. The van der Waals surface area contributed by atoms with Crippen molar-refractivity contribution in [2.24, 2.45) is 5.92 Å². The maximum Gasteiger partial charge on any atom is 0.229 e. The Bertz CT molecular complexity index is 825. The number of nitrogens with one attached hydrogen (secondary N) is 1. The van der Waals surface area contributed by atoms with E-state index >= 15 is 0 Å². The highest BCUT2D eigenvalue weighted by Crippen LogP contribution is 2.29. The van der Waals surface area contributed by atoms with Gasteiger partial charge < -0.3 is 4.98 Å². The van der Waals surface area contributed by atoms with Crippen molar-refractivity contribution in [2.75, 3.05) is 0 Å². The van der Waals surface area contributed by atoms with Crippen molar-refractivity contribution < 1.29 is 4.79 Å². The van der Waals surface area contributed by atoms with E-state index in [0.717, 1.165) is 34.4 Å². The maximum absolute atomic E-state index is 12.2. The highest BCUT2D eigenvalue weighted by atomic mass is 16.1. The molecule has 0 saturated carbocycles. The molecule has 2 heterocycles. The Kier molecular flexibility index (Phi) is 2.51. The fourth-order valence-electron chi connectivity index (χ4n) is 3.16. The van der Waals surface area contributed by atoms with E-state index in [2.05, 4.69) is 22.0 Å². The molecule has 0 amide bonds. The number of carbonyl (C=O) groups is 1. The minimum absolute atomic E-state index is 0.198. The minimum atomic E-state index is 0.198. The fourth-order valence-corrected chi connectivity index (χ4v) is 3.16. The molecule has 21 heavy (non-hydrogen) atoms. The molecule has 0 aliphatic heterocycles. The zero-order chi connectivity index (χ0) is 14.6. The number of Topliss-reactive ketones (excluding diaryl/α,β-unsaturated/α-hetero) is 1. The summed E-state index contributed by atoms with van der Waals surface area (Å²) in [5.41, 5.74) is 4.44. The van der Waals surface area contributed by atoms with Crippen LogP contribution in [-0.2, 0) is 6.42 Å². The van der Waals surface area contributed by atoms with Crippen molar-refractivity contribution in [3.05, 3.63) is 41.2 Å². The van der Waals surface area contributed by atoms with Crippen LogP contribution in [0.25, 0.3) is 17.0 Å². The van der Waals surface area contributed by atoms with E-state index in [-0.39, 0.29) is 5.78 Å². The van der Waals surface area contributed by atoms with E-state index < -0.39 is 0 Å². The number of aromatic amines is 1. The number of para-hydroxylation sites is 2. The number of carbonyl (C=O) groups excluding carboxylic acids is 1. The number of aromatic nitrogens is 4. The Morgan fingerprint density at radius 2 is 2.10 bits per heavy atom. The van der Waals surface area contributed by atoms with Gasteiger partial charge in [0.25, 0.3) is 0 Å². The Hall–Kier alpha value is -2.43. The first-order valence-electron chi connectivity index (χ1n) is 7.20. The molecule has 0 saturated heterocycles. The molecule has 5 nitrogen and oxygen atoms in total. The van der Waals surface area contributed by atoms with Gasteiger partial charge in [0.1, 0.15) is 0 Å². The van der Waals surface area contributed by atoms with Crippen LogP contribution in [0.1, 0.15) is 35.1 Å². The van der Waals surface area contributed by atoms with Crippen LogP contribution in [0.5, 0.6) is 0 Å². The number of ketones is 1. The first-order valence-corrected chi connectivity index (χ1v) is 7.20. The standard InChI is InChI=1S/C16H16N4O/c1-9-7-13-15(14(21)8-9)10(2)19-20(13)16-17-11-5-3-4-6-12(11)18-16/h3-6,9H,7-8H2,1-2H3,(H,17,18)/t9-/m0/s1. The molecule has 106 valence electrons. The molecule has 0 unspecified atom stereocenters. The molecule has 1 N–H and O–H groups in total. The molecule has 0 fully saturated rings. The molecule has 4 rings (SSSR count). The lowest BCUT2D eigenvalue weighted by Crippen LogP contribution is -2.20. The third-order valence-electron chi connectivity index (χ3n) is 4.09. The van der Waals surface area contributed by atoms with Gasteiger partial charge in [0.05, 0.1) is 28.0 Å². The van der Waals surface area contributed by atoms with Gasteiger partial charge in [0.2, 0.25) is 5.95 Å². The molecule has 1 aliphatic carbocycles. The van der Waals surface area contributed by atoms with Gasteiger partial charge in [-0.2, -0.15) is 5.10 Å². The summed E-state index contributed by atoms with van der Waals surface area (Å²) in [6.07, 6.45) is 1.47. The average Bonchev–Trinajstić information content (AvgIpc) is 2.99. The van der Waals surface area contributed by atoms with Crippen LogP contribution in [-0.4, -0.2) is 25.5 Å². The molecule has 2 aromatic heterocycles. The molecular weight excluding hydrogens is 264 g/mol. The molecule has 1 aliphatic rings. The number of hydrogen-bond donors (Lipinski definition) is 1. The lowest BCUT2D eigenvalue weighted by Gasteiger charge is -2.18. The summed E-state index contributed by atoms with van der Waals surface area (Å²) in [6, 6.07) is 7.89. The van der Waals surface area contributed by atoms with Crippen molar-refractivity contribution in [1.82, 2.24) is 19.7 Å². The average molecular weight is 280 g/mol. The van der Waals surface area contributed by atoms with Gasteiger partial charge in [-0.25, -0.2) is 9.67 Å². The van der Waals surface area contributed by atoms with E-state index in [1.165, 1.54) is 0 Å². The molecule has 5 heteroatoms. The first kappa shape index (κ1) is 12.3. The largest absolute Gasteiger partial charge is 0.322 e. The molecular formula is C16H16N4O. The summed E-state index contributed by atoms with van der Waals surface area (Å²) < 4.78 is 1.80. The van der Waals surface area contributed by atoms with Gasteiger partial charge in [0, 0.05) is 6.42 Å². The van der Waals surface area contributed by atoms with Crippen molar-refractivity contribution in [1.29, 1.82) is 0 Å². The van der Waals surface area contributed by atoms with Gasteiger partial charge in [0.15, 0.2) is 5.78 Å². The highest BCUT2D eigenvalue weighted by Gasteiger charge is 2.29. The van der Waals surface area contributed by atoms with E-state index in [4.69, 9.17) is 0 Å². The quantitative estimate of drug-likeness (QED) is 0.745. The van der Waals surface area contributed by atoms with Gasteiger partial charge >= 0.3 is 0 Å². The van der Waals surface area contributed by atoms with Gasteiger partial charge in [-0.3, -0.25) is 4.79 Å². The minimum Gasteiger partial charge on any atom is -0.322 e. The first-order chi connectivity index (χ1) is 10.1. The molecule has 0 bridgehead atoms. The van der Waals surface area contributed by atoms with Crippen molar-refractivity contribution in [3.63, 3.8) is 0 Å². The Morgan fingerprint density at radius 1 is 1.29 bits per heavy atom.